The number of nitrogens with one attached hydrogen (secondary N) is 1. The van der Waals surface area contributed by atoms with E-state index in [1.807, 2.05) is 18.2 Å². The number of hydrogen-bond acceptors (Lipinski definition) is 5. The summed E-state index contributed by atoms with van der Waals surface area (Å²) in [6.07, 6.45) is 0.361. The number of esters is 1. The molecule has 0 saturated heterocycles. The van der Waals surface area contributed by atoms with Crippen LogP contribution in [-0.2, 0) is 4.74 Å². The predicted octanol–water partition coefficient (Wildman–Crippen LogP) is 2.41. The third kappa shape index (κ3) is 2.63. The van der Waals surface area contributed by atoms with Gasteiger partial charge in [-0.3, -0.25) is 19.6 Å². The first-order valence-corrected chi connectivity index (χ1v) is 8.22. The monoisotopic (exact) mass is 349 g/mol. The van der Waals surface area contributed by atoms with Crippen LogP contribution in [0.2, 0.25) is 0 Å². The fraction of sp³-hybridized carbons (Fsp3) is 0.158. The van der Waals surface area contributed by atoms with Crippen molar-refractivity contribution in [2.75, 3.05) is 13.2 Å². The molecule has 1 N–H and O–H groups in total. The normalized spacial score (nSPS) is 13.3. The van der Waals surface area contributed by atoms with E-state index in [0.29, 0.717) is 22.9 Å². The number of ether oxygens (including phenoxy) is 1. The highest BCUT2D eigenvalue weighted by Gasteiger charge is 2.34. The van der Waals surface area contributed by atoms with Crippen molar-refractivity contribution in [2.45, 2.75) is 6.42 Å². The Labute approximate surface area is 148 Å². The number of rotatable bonds is 5. The van der Waals surface area contributed by atoms with E-state index in [2.05, 4.69) is 10.2 Å². The number of aromatic nitrogens is 2. The van der Waals surface area contributed by atoms with Crippen molar-refractivity contribution in [3.63, 3.8) is 0 Å². The molecule has 0 unspecified atom stereocenters. The summed E-state index contributed by atoms with van der Waals surface area (Å²) < 4.78 is 5.23. The van der Waals surface area contributed by atoms with Gasteiger partial charge >= 0.3 is 5.97 Å². The van der Waals surface area contributed by atoms with E-state index < -0.39 is 5.97 Å². The number of nitrogens with zero attached hydrogens (tertiary/aromatic N) is 2. The summed E-state index contributed by atoms with van der Waals surface area (Å²) in [6, 6.07) is 14.0. The molecule has 130 valence electrons. The number of amides is 2. The largest absolute Gasteiger partial charge is 0.461 e. The van der Waals surface area contributed by atoms with Crippen LogP contribution >= 0.6 is 0 Å². The summed E-state index contributed by atoms with van der Waals surface area (Å²) in [6.45, 7) is 0.286. The van der Waals surface area contributed by atoms with Gasteiger partial charge in [0.2, 0.25) is 0 Å². The second-order valence-corrected chi connectivity index (χ2v) is 5.91. The highest BCUT2D eigenvalue weighted by molar-refractivity contribution is 6.21. The molecule has 7 nitrogen and oxygen atoms in total. The van der Waals surface area contributed by atoms with Crippen molar-refractivity contribution in [1.29, 1.82) is 0 Å². The zero-order chi connectivity index (χ0) is 18.1. The number of carbonyl (C=O) groups excluding carboxylic acids is 3. The summed E-state index contributed by atoms with van der Waals surface area (Å²) in [5, 5.41) is 7.45. The fourth-order valence-corrected chi connectivity index (χ4v) is 3.02. The highest BCUT2D eigenvalue weighted by atomic mass is 16.5. The predicted molar refractivity (Wildman–Crippen MR) is 92.8 cm³/mol. The molecule has 1 aromatic heterocycles. The third-order valence-electron chi connectivity index (χ3n) is 4.30. The lowest BCUT2D eigenvalue weighted by Gasteiger charge is -2.13. The van der Waals surface area contributed by atoms with Crippen LogP contribution in [0.4, 0.5) is 0 Å². The molecule has 2 heterocycles. The summed E-state index contributed by atoms with van der Waals surface area (Å²) in [5.41, 5.74) is 1.81. The summed E-state index contributed by atoms with van der Waals surface area (Å²) >= 11 is 0. The zero-order valence-electron chi connectivity index (χ0n) is 13.8. The lowest BCUT2D eigenvalue weighted by Crippen LogP contribution is -2.31. The summed E-state index contributed by atoms with van der Waals surface area (Å²) in [4.78, 5) is 37.9. The smallest absolute Gasteiger partial charge is 0.359 e. The Hall–Kier alpha value is -3.48. The molecule has 0 fully saturated rings. The maximum Gasteiger partial charge on any atom is 0.359 e. The number of carbonyl (C=O) groups is 3. The molecule has 1 aliphatic rings. The first-order chi connectivity index (χ1) is 12.7. The molecular weight excluding hydrogens is 334 g/mol. The Morgan fingerprint density at radius 3 is 2.38 bits per heavy atom. The molecule has 0 spiro atoms. The van der Waals surface area contributed by atoms with Crippen LogP contribution in [0.5, 0.6) is 0 Å². The lowest BCUT2D eigenvalue weighted by molar-refractivity contribution is 0.0478. The van der Waals surface area contributed by atoms with Gasteiger partial charge in [0.25, 0.3) is 11.8 Å². The van der Waals surface area contributed by atoms with Gasteiger partial charge in [-0.05, 0) is 24.6 Å². The van der Waals surface area contributed by atoms with E-state index in [-0.39, 0.29) is 30.7 Å². The van der Waals surface area contributed by atoms with Crippen molar-refractivity contribution in [3.05, 3.63) is 65.4 Å². The molecule has 0 atom stereocenters. The van der Waals surface area contributed by atoms with Crippen LogP contribution in [0.1, 0.15) is 37.6 Å². The fourth-order valence-electron chi connectivity index (χ4n) is 3.02. The number of fused-ring (bicyclic) bond motifs is 2. The van der Waals surface area contributed by atoms with Gasteiger partial charge in [-0.25, -0.2) is 4.79 Å². The number of aromatic amines is 1. The number of H-pyrrole nitrogens is 1. The lowest BCUT2D eigenvalue weighted by atomic mass is 10.1. The second kappa shape index (κ2) is 6.44. The Morgan fingerprint density at radius 2 is 1.65 bits per heavy atom. The van der Waals surface area contributed by atoms with Crippen molar-refractivity contribution < 1.29 is 19.1 Å². The second-order valence-electron chi connectivity index (χ2n) is 5.91. The molecule has 3 aromatic rings. The van der Waals surface area contributed by atoms with E-state index in [0.717, 1.165) is 5.52 Å². The standard InChI is InChI=1S/C19H15N3O4/c23-17-12-6-1-2-7-13(12)18(24)22(17)10-5-11-26-19(25)16-14-8-3-4-9-15(14)20-21-16/h1-4,6-9H,5,10-11H2,(H,20,21). The minimum atomic E-state index is -0.537. The molecule has 2 aromatic carbocycles. The molecule has 26 heavy (non-hydrogen) atoms. The van der Waals surface area contributed by atoms with E-state index >= 15 is 0 Å². The van der Waals surface area contributed by atoms with Crippen molar-refractivity contribution in [2.24, 2.45) is 0 Å². The molecule has 0 bridgehead atoms. The molecule has 0 radical (unpaired) electrons. The molecule has 0 aliphatic carbocycles. The SMILES string of the molecule is O=C(OCCCN1C(=O)c2ccccc2C1=O)c1n[nH]c2ccccc12. The van der Waals surface area contributed by atoms with Crippen LogP contribution in [0.3, 0.4) is 0 Å². The van der Waals surface area contributed by atoms with Gasteiger partial charge in [0.15, 0.2) is 5.69 Å². The van der Waals surface area contributed by atoms with Crippen molar-refractivity contribution in [3.8, 4) is 0 Å². The van der Waals surface area contributed by atoms with E-state index in [9.17, 15) is 14.4 Å². The van der Waals surface area contributed by atoms with Gasteiger partial charge < -0.3 is 4.74 Å². The first-order valence-electron chi connectivity index (χ1n) is 8.22. The molecule has 1 aliphatic heterocycles. The minimum absolute atomic E-state index is 0.0907. The maximum atomic E-state index is 12.3. The van der Waals surface area contributed by atoms with Crippen LogP contribution in [0, 0.1) is 0 Å². The van der Waals surface area contributed by atoms with Crippen LogP contribution < -0.4 is 0 Å². The average molecular weight is 349 g/mol. The zero-order valence-corrected chi connectivity index (χ0v) is 13.8. The number of benzene rings is 2. The molecule has 4 rings (SSSR count). The molecule has 0 saturated carbocycles. The van der Waals surface area contributed by atoms with Gasteiger partial charge in [0.05, 0.1) is 23.3 Å². The van der Waals surface area contributed by atoms with Gasteiger partial charge in [-0.2, -0.15) is 5.10 Å². The van der Waals surface area contributed by atoms with Gasteiger partial charge in [-0.1, -0.05) is 30.3 Å². The number of para-hydroxylation sites is 1. The van der Waals surface area contributed by atoms with E-state index in [1.165, 1.54) is 4.90 Å². The number of hydrogen-bond donors (Lipinski definition) is 1. The molecule has 2 amide bonds. The summed E-state index contributed by atoms with van der Waals surface area (Å²) in [5.74, 6) is -1.16. The van der Waals surface area contributed by atoms with E-state index in [1.54, 1.807) is 30.3 Å². The Morgan fingerprint density at radius 1 is 1.00 bits per heavy atom. The van der Waals surface area contributed by atoms with Crippen molar-refractivity contribution >= 4 is 28.7 Å². The number of imide groups is 1. The molecular formula is C19H15N3O4. The minimum Gasteiger partial charge on any atom is -0.461 e. The Kier molecular flexibility index (Phi) is 3.96. The van der Waals surface area contributed by atoms with Gasteiger partial charge in [0.1, 0.15) is 0 Å². The Bertz CT molecular complexity index is 989. The van der Waals surface area contributed by atoms with Crippen LogP contribution in [0.25, 0.3) is 10.9 Å². The average Bonchev–Trinajstić information content (AvgIpc) is 3.20. The first kappa shape index (κ1) is 16.0. The van der Waals surface area contributed by atoms with Gasteiger partial charge in [0, 0.05) is 11.9 Å². The molecule has 7 heteroatoms. The topological polar surface area (TPSA) is 92.4 Å². The third-order valence-corrected chi connectivity index (χ3v) is 4.30. The van der Waals surface area contributed by atoms with Crippen molar-refractivity contribution in [1.82, 2.24) is 15.1 Å². The van der Waals surface area contributed by atoms with Gasteiger partial charge in [-0.15, -0.1) is 0 Å². The quantitative estimate of drug-likeness (QED) is 0.434. The Balaban J connectivity index is 1.34. The summed E-state index contributed by atoms with van der Waals surface area (Å²) in [7, 11) is 0. The highest BCUT2D eigenvalue weighted by Crippen LogP contribution is 2.22. The van der Waals surface area contributed by atoms with Crippen LogP contribution in [-0.4, -0.2) is 46.0 Å². The van der Waals surface area contributed by atoms with Crippen LogP contribution in [0.15, 0.2) is 48.5 Å². The maximum absolute atomic E-state index is 12.3. The van der Waals surface area contributed by atoms with E-state index in [4.69, 9.17) is 4.74 Å².